The van der Waals surface area contributed by atoms with Crippen molar-refractivity contribution in [3.8, 4) is 11.8 Å². The van der Waals surface area contributed by atoms with E-state index in [0.717, 1.165) is 12.1 Å². The summed E-state index contributed by atoms with van der Waals surface area (Å²) in [6.07, 6.45) is 0.172. The third-order valence-electron chi connectivity index (χ3n) is 5.00. The Morgan fingerprint density at radius 2 is 1.63 bits per heavy atom. The molecule has 30 heavy (non-hydrogen) atoms. The van der Waals surface area contributed by atoms with Crippen LogP contribution >= 0.6 is 11.6 Å². The minimum Gasteiger partial charge on any atom is -0.496 e. The molecule has 3 aromatic carbocycles. The molecule has 0 unspecified atom stereocenters. The fraction of sp³-hybridized carbons (Fsp3) is 0.136. The summed E-state index contributed by atoms with van der Waals surface area (Å²) >= 11 is 6.09. The van der Waals surface area contributed by atoms with Gasteiger partial charge in [0.15, 0.2) is 11.6 Å². The van der Waals surface area contributed by atoms with Gasteiger partial charge in [-0.05, 0) is 35.9 Å². The lowest BCUT2D eigenvalue weighted by atomic mass is 9.91. The number of rotatable bonds is 4. The van der Waals surface area contributed by atoms with Crippen LogP contribution in [-0.4, -0.2) is 7.11 Å². The van der Waals surface area contributed by atoms with Gasteiger partial charge in [0.2, 0.25) is 0 Å². The SMILES string of the molecule is COc1cc(Cl)ccc1C1(Cc2ccc(C#N)c(F)c2)Nc2cc(F)c(F)cc2N1. The number of hydrogen-bond donors (Lipinski definition) is 2. The second-order valence-electron chi connectivity index (χ2n) is 6.91. The molecule has 1 heterocycles. The maximum Gasteiger partial charge on any atom is 0.161 e. The number of halogens is 4. The predicted molar refractivity (Wildman–Crippen MR) is 108 cm³/mol. The molecule has 0 aromatic heterocycles. The summed E-state index contributed by atoms with van der Waals surface area (Å²) < 4.78 is 47.3. The van der Waals surface area contributed by atoms with Crippen molar-refractivity contribution in [3.05, 3.63) is 87.7 Å². The summed E-state index contributed by atoms with van der Waals surface area (Å²) in [5.41, 5.74) is 0.671. The van der Waals surface area contributed by atoms with Gasteiger partial charge in [-0.3, -0.25) is 0 Å². The molecule has 0 saturated heterocycles. The van der Waals surface area contributed by atoms with Gasteiger partial charge in [0, 0.05) is 29.1 Å². The number of nitrogens with one attached hydrogen (secondary N) is 2. The van der Waals surface area contributed by atoms with E-state index in [4.69, 9.17) is 21.6 Å². The molecular formula is C22H15ClF3N3O. The summed E-state index contributed by atoms with van der Waals surface area (Å²) in [6.45, 7) is 0. The molecule has 3 aromatic rings. The highest BCUT2D eigenvalue weighted by molar-refractivity contribution is 6.30. The second-order valence-corrected chi connectivity index (χ2v) is 7.35. The van der Waals surface area contributed by atoms with Gasteiger partial charge < -0.3 is 15.4 Å². The molecular weight excluding hydrogens is 415 g/mol. The number of methoxy groups -OCH3 is 1. The minimum absolute atomic E-state index is 0.0726. The van der Waals surface area contributed by atoms with Crippen LogP contribution in [0.25, 0.3) is 0 Å². The molecule has 8 heteroatoms. The number of nitriles is 1. The number of nitrogens with zero attached hydrogens (tertiary/aromatic N) is 1. The van der Waals surface area contributed by atoms with Crippen LogP contribution in [0.3, 0.4) is 0 Å². The zero-order valence-electron chi connectivity index (χ0n) is 15.7. The maximum atomic E-state index is 14.2. The van der Waals surface area contributed by atoms with E-state index in [-0.39, 0.29) is 12.0 Å². The number of anilines is 2. The van der Waals surface area contributed by atoms with Crippen LogP contribution < -0.4 is 15.4 Å². The Balaban J connectivity index is 1.85. The van der Waals surface area contributed by atoms with Crippen molar-refractivity contribution in [1.82, 2.24) is 0 Å². The number of benzene rings is 3. The van der Waals surface area contributed by atoms with Gasteiger partial charge in [-0.15, -0.1) is 0 Å². The standard InChI is InChI=1S/C22H15ClF3N3O/c1-30-21-7-14(23)4-5-15(21)22(10-12-2-3-13(11-27)16(24)6-12)28-19-8-17(25)18(26)9-20(19)29-22/h2-9,28-29H,10H2,1H3. The first-order chi connectivity index (χ1) is 14.3. The van der Waals surface area contributed by atoms with Crippen LogP contribution in [0.4, 0.5) is 24.5 Å². The molecule has 0 atom stereocenters. The van der Waals surface area contributed by atoms with Crippen LogP contribution in [0, 0.1) is 28.8 Å². The van der Waals surface area contributed by atoms with E-state index < -0.39 is 23.1 Å². The van der Waals surface area contributed by atoms with Crippen molar-refractivity contribution >= 4 is 23.0 Å². The zero-order chi connectivity index (χ0) is 21.5. The van der Waals surface area contributed by atoms with Crippen molar-refractivity contribution < 1.29 is 17.9 Å². The summed E-state index contributed by atoms with van der Waals surface area (Å²) in [6, 6.07) is 13.2. The summed E-state index contributed by atoms with van der Waals surface area (Å²) in [5.74, 6) is -2.20. The van der Waals surface area contributed by atoms with Gasteiger partial charge in [0.1, 0.15) is 23.3 Å². The first-order valence-corrected chi connectivity index (χ1v) is 9.31. The molecule has 2 N–H and O–H groups in total. The van der Waals surface area contributed by atoms with Gasteiger partial charge in [-0.2, -0.15) is 5.26 Å². The molecule has 4 rings (SSSR count). The molecule has 0 fully saturated rings. The lowest BCUT2D eigenvalue weighted by Crippen LogP contribution is -2.41. The van der Waals surface area contributed by atoms with E-state index >= 15 is 0 Å². The second kappa shape index (κ2) is 7.47. The third kappa shape index (κ3) is 3.40. The first-order valence-electron chi connectivity index (χ1n) is 8.93. The largest absolute Gasteiger partial charge is 0.496 e. The highest BCUT2D eigenvalue weighted by Crippen LogP contribution is 2.45. The number of hydrogen-bond acceptors (Lipinski definition) is 4. The third-order valence-corrected chi connectivity index (χ3v) is 5.24. The molecule has 0 aliphatic carbocycles. The van der Waals surface area contributed by atoms with Gasteiger partial charge in [-0.25, -0.2) is 13.2 Å². The van der Waals surface area contributed by atoms with Crippen molar-refractivity contribution in [3.63, 3.8) is 0 Å². The summed E-state index contributed by atoms with van der Waals surface area (Å²) in [5, 5.41) is 15.8. The van der Waals surface area contributed by atoms with Crippen molar-refractivity contribution in [2.75, 3.05) is 17.7 Å². The van der Waals surface area contributed by atoms with E-state index in [1.165, 1.54) is 19.2 Å². The molecule has 0 saturated carbocycles. The van der Waals surface area contributed by atoms with Gasteiger partial charge in [0.05, 0.1) is 24.0 Å². The van der Waals surface area contributed by atoms with Crippen molar-refractivity contribution in [1.29, 1.82) is 5.26 Å². The normalized spacial score (nSPS) is 13.7. The average molecular weight is 430 g/mol. The van der Waals surface area contributed by atoms with Gasteiger partial charge >= 0.3 is 0 Å². The Morgan fingerprint density at radius 3 is 2.20 bits per heavy atom. The Labute approximate surface area is 175 Å². The minimum atomic E-state index is -1.11. The van der Waals surface area contributed by atoms with Crippen LogP contribution in [0.1, 0.15) is 16.7 Å². The first kappa shape index (κ1) is 19.9. The maximum absolute atomic E-state index is 14.2. The molecule has 1 aliphatic rings. The highest BCUT2D eigenvalue weighted by atomic mass is 35.5. The van der Waals surface area contributed by atoms with Gasteiger partial charge in [-0.1, -0.05) is 17.7 Å². The molecule has 1 aliphatic heterocycles. The van der Waals surface area contributed by atoms with Crippen LogP contribution in [0.5, 0.6) is 5.75 Å². The molecule has 0 bridgehead atoms. The van der Waals surface area contributed by atoms with E-state index in [1.807, 2.05) is 0 Å². The number of fused-ring (bicyclic) bond motifs is 1. The molecule has 0 radical (unpaired) electrons. The molecule has 0 amide bonds. The van der Waals surface area contributed by atoms with Crippen LogP contribution in [-0.2, 0) is 12.1 Å². The lowest BCUT2D eigenvalue weighted by molar-refractivity contribution is 0.397. The summed E-state index contributed by atoms with van der Waals surface area (Å²) in [4.78, 5) is 0. The zero-order valence-corrected chi connectivity index (χ0v) is 16.4. The smallest absolute Gasteiger partial charge is 0.161 e. The fourth-order valence-corrected chi connectivity index (χ4v) is 3.81. The predicted octanol–water partition coefficient (Wildman–Crippen LogP) is 5.57. The average Bonchev–Trinajstić information content (AvgIpc) is 3.05. The molecule has 4 nitrogen and oxygen atoms in total. The lowest BCUT2D eigenvalue weighted by Gasteiger charge is -2.33. The molecule has 152 valence electrons. The van der Waals surface area contributed by atoms with Crippen molar-refractivity contribution in [2.24, 2.45) is 0 Å². The van der Waals surface area contributed by atoms with Crippen LogP contribution in [0.2, 0.25) is 5.02 Å². The Kier molecular flexibility index (Phi) is 4.96. The van der Waals surface area contributed by atoms with E-state index in [9.17, 15) is 13.2 Å². The van der Waals surface area contributed by atoms with Gasteiger partial charge in [0.25, 0.3) is 0 Å². The van der Waals surface area contributed by atoms with Crippen molar-refractivity contribution in [2.45, 2.75) is 12.1 Å². The quantitative estimate of drug-likeness (QED) is 0.569. The Hall–Kier alpha value is -3.37. The summed E-state index contributed by atoms with van der Waals surface area (Å²) in [7, 11) is 1.48. The number of ether oxygens (including phenoxy) is 1. The Morgan fingerprint density at radius 1 is 0.967 bits per heavy atom. The highest BCUT2D eigenvalue weighted by Gasteiger charge is 2.41. The Bertz CT molecular complexity index is 1160. The topological polar surface area (TPSA) is 57.1 Å². The fourth-order valence-electron chi connectivity index (χ4n) is 3.65. The van der Waals surface area contributed by atoms with E-state index in [2.05, 4.69) is 10.6 Å². The van der Waals surface area contributed by atoms with E-state index in [1.54, 1.807) is 30.3 Å². The monoisotopic (exact) mass is 429 g/mol. The van der Waals surface area contributed by atoms with E-state index in [0.29, 0.717) is 33.3 Å². The molecule has 0 spiro atoms. The van der Waals surface area contributed by atoms with Crippen LogP contribution in [0.15, 0.2) is 48.5 Å².